The highest BCUT2D eigenvalue weighted by atomic mass is 16.5. The second-order valence-corrected chi connectivity index (χ2v) is 4.10. The van der Waals surface area contributed by atoms with Crippen molar-refractivity contribution >= 4 is 5.69 Å². The van der Waals surface area contributed by atoms with E-state index < -0.39 is 0 Å². The summed E-state index contributed by atoms with van der Waals surface area (Å²) in [6, 6.07) is 11.0. The molecule has 1 heterocycles. The number of anilines is 1. The highest BCUT2D eigenvalue weighted by Gasteiger charge is 2.16. The van der Waals surface area contributed by atoms with Gasteiger partial charge in [0, 0.05) is 31.4 Å². The first-order chi connectivity index (χ1) is 7.90. The summed E-state index contributed by atoms with van der Waals surface area (Å²) in [5.41, 5.74) is 1.29. The Kier molecular flexibility index (Phi) is 4.19. The van der Waals surface area contributed by atoms with Crippen molar-refractivity contribution in [2.45, 2.75) is 13.0 Å². The first-order valence-electron chi connectivity index (χ1n) is 6.01. The van der Waals surface area contributed by atoms with Gasteiger partial charge < -0.3 is 15.0 Å². The van der Waals surface area contributed by atoms with E-state index in [9.17, 15) is 0 Å². The van der Waals surface area contributed by atoms with Gasteiger partial charge in [0.2, 0.25) is 0 Å². The Morgan fingerprint density at radius 3 is 2.81 bits per heavy atom. The number of benzene rings is 1. The molecule has 88 valence electrons. The fourth-order valence-electron chi connectivity index (χ4n) is 2.06. The minimum absolute atomic E-state index is 0.453. The Balaban J connectivity index is 1.94. The number of hydrogen-bond donors (Lipinski definition) is 1. The Bertz CT molecular complexity index is 296. The average Bonchev–Trinajstić information content (AvgIpc) is 2.38. The average molecular weight is 220 g/mol. The van der Waals surface area contributed by atoms with Crippen LogP contribution in [-0.4, -0.2) is 38.9 Å². The van der Waals surface area contributed by atoms with Gasteiger partial charge in [-0.25, -0.2) is 0 Å². The molecule has 0 aliphatic carbocycles. The zero-order valence-electron chi connectivity index (χ0n) is 9.86. The number of ether oxygens (including phenoxy) is 1. The van der Waals surface area contributed by atoms with Crippen LogP contribution in [0.5, 0.6) is 0 Å². The van der Waals surface area contributed by atoms with Gasteiger partial charge in [-0.15, -0.1) is 0 Å². The number of hydrogen-bond acceptors (Lipinski definition) is 3. The van der Waals surface area contributed by atoms with Crippen molar-refractivity contribution in [3.05, 3.63) is 30.3 Å². The molecule has 1 aliphatic heterocycles. The lowest BCUT2D eigenvalue weighted by molar-refractivity contribution is 0.0788. The van der Waals surface area contributed by atoms with E-state index in [1.807, 2.05) is 0 Å². The van der Waals surface area contributed by atoms with Crippen LogP contribution in [0.25, 0.3) is 0 Å². The van der Waals surface area contributed by atoms with E-state index in [2.05, 4.69) is 47.5 Å². The van der Waals surface area contributed by atoms with Gasteiger partial charge in [0.25, 0.3) is 0 Å². The molecule has 1 atom stereocenters. The van der Waals surface area contributed by atoms with Gasteiger partial charge in [-0.2, -0.15) is 0 Å². The van der Waals surface area contributed by atoms with Crippen LogP contribution >= 0.6 is 0 Å². The molecule has 0 spiro atoms. The van der Waals surface area contributed by atoms with Crippen molar-refractivity contribution in [3.63, 3.8) is 0 Å². The second kappa shape index (κ2) is 5.87. The van der Waals surface area contributed by atoms with E-state index in [4.69, 9.17) is 4.74 Å². The molecule has 3 heteroatoms. The quantitative estimate of drug-likeness (QED) is 0.832. The van der Waals surface area contributed by atoms with Gasteiger partial charge in [0.15, 0.2) is 0 Å². The van der Waals surface area contributed by atoms with Crippen molar-refractivity contribution in [1.29, 1.82) is 0 Å². The van der Waals surface area contributed by atoms with Crippen LogP contribution in [0.1, 0.15) is 6.92 Å². The molecule has 1 aliphatic rings. The second-order valence-electron chi connectivity index (χ2n) is 4.10. The van der Waals surface area contributed by atoms with Crippen molar-refractivity contribution in [3.8, 4) is 0 Å². The van der Waals surface area contributed by atoms with Crippen molar-refractivity contribution in [2.24, 2.45) is 0 Å². The molecule has 3 nitrogen and oxygen atoms in total. The van der Waals surface area contributed by atoms with Crippen LogP contribution in [-0.2, 0) is 4.74 Å². The maximum Gasteiger partial charge on any atom is 0.0637 e. The minimum Gasteiger partial charge on any atom is -0.378 e. The van der Waals surface area contributed by atoms with Crippen LogP contribution in [0.4, 0.5) is 5.69 Å². The van der Waals surface area contributed by atoms with Gasteiger partial charge in [-0.1, -0.05) is 18.2 Å². The number of rotatable bonds is 4. The standard InChI is InChI=1S/C13H20N2O/c1-2-15(13-6-4-3-5-7-13)10-12-11-16-9-8-14-12/h3-7,12,14H,2,8-11H2,1H3. The number of para-hydroxylation sites is 1. The Hall–Kier alpha value is -1.06. The Labute approximate surface area is 97.4 Å². The first kappa shape index (κ1) is 11.4. The Morgan fingerprint density at radius 2 is 2.19 bits per heavy atom. The van der Waals surface area contributed by atoms with E-state index in [0.717, 1.165) is 32.8 Å². The molecule has 1 aromatic carbocycles. The molecular weight excluding hydrogens is 200 g/mol. The maximum atomic E-state index is 5.47. The zero-order valence-corrected chi connectivity index (χ0v) is 9.86. The molecular formula is C13H20N2O. The third kappa shape index (κ3) is 2.97. The molecule has 1 unspecified atom stereocenters. The summed E-state index contributed by atoms with van der Waals surface area (Å²) >= 11 is 0. The molecule has 0 amide bonds. The highest BCUT2D eigenvalue weighted by molar-refractivity contribution is 5.45. The van der Waals surface area contributed by atoms with E-state index in [-0.39, 0.29) is 0 Å². The van der Waals surface area contributed by atoms with Gasteiger partial charge in [-0.05, 0) is 19.1 Å². The molecule has 1 saturated heterocycles. The normalized spacial score (nSPS) is 20.7. The largest absolute Gasteiger partial charge is 0.378 e. The maximum absolute atomic E-state index is 5.47. The molecule has 1 fully saturated rings. The number of nitrogens with one attached hydrogen (secondary N) is 1. The molecule has 0 radical (unpaired) electrons. The summed E-state index contributed by atoms with van der Waals surface area (Å²) in [6.07, 6.45) is 0. The molecule has 1 aromatic rings. The summed E-state index contributed by atoms with van der Waals surface area (Å²) in [5, 5.41) is 3.49. The van der Waals surface area contributed by atoms with E-state index >= 15 is 0 Å². The molecule has 2 rings (SSSR count). The predicted molar refractivity (Wildman–Crippen MR) is 66.9 cm³/mol. The fourth-order valence-corrected chi connectivity index (χ4v) is 2.06. The summed E-state index contributed by atoms with van der Waals surface area (Å²) in [7, 11) is 0. The smallest absolute Gasteiger partial charge is 0.0637 e. The summed E-state index contributed by atoms with van der Waals surface area (Å²) in [4.78, 5) is 2.38. The zero-order chi connectivity index (χ0) is 11.2. The molecule has 0 aromatic heterocycles. The van der Waals surface area contributed by atoms with Crippen LogP contribution in [0.3, 0.4) is 0 Å². The number of morpholine rings is 1. The lowest BCUT2D eigenvalue weighted by Crippen LogP contribution is -2.48. The first-order valence-corrected chi connectivity index (χ1v) is 6.01. The van der Waals surface area contributed by atoms with E-state index in [1.54, 1.807) is 0 Å². The molecule has 0 saturated carbocycles. The van der Waals surface area contributed by atoms with Gasteiger partial charge in [0.1, 0.15) is 0 Å². The molecule has 0 bridgehead atoms. The molecule has 1 N–H and O–H groups in total. The third-order valence-electron chi connectivity index (χ3n) is 2.94. The van der Waals surface area contributed by atoms with Gasteiger partial charge >= 0.3 is 0 Å². The van der Waals surface area contributed by atoms with E-state index in [0.29, 0.717) is 6.04 Å². The van der Waals surface area contributed by atoms with Gasteiger partial charge in [-0.3, -0.25) is 0 Å². The Morgan fingerprint density at radius 1 is 1.38 bits per heavy atom. The lowest BCUT2D eigenvalue weighted by Gasteiger charge is -2.31. The number of likely N-dealkylation sites (N-methyl/N-ethyl adjacent to an activating group) is 1. The SMILES string of the molecule is CCN(CC1COCCN1)c1ccccc1. The van der Waals surface area contributed by atoms with Crippen molar-refractivity contribution in [1.82, 2.24) is 5.32 Å². The topological polar surface area (TPSA) is 24.5 Å². The minimum atomic E-state index is 0.453. The highest BCUT2D eigenvalue weighted by Crippen LogP contribution is 2.13. The summed E-state index contributed by atoms with van der Waals surface area (Å²) in [6.45, 7) is 6.87. The lowest BCUT2D eigenvalue weighted by atomic mass is 10.2. The molecule has 16 heavy (non-hydrogen) atoms. The summed E-state index contributed by atoms with van der Waals surface area (Å²) < 4.78 is 5.47. The predicted octanol–water partition coefficient (Wildman–Crippen LogP) is 1.50. The monoisotopic (exact) mass is 220 g/mol. The van der Waals surface area contributed by atoms with Gasteiger partial charge in [0.05, 0.1) is 13.2 Å². The fraction of sp³-hybridized carbons (Fsp3) is 0.538. The van der Waals surface area contributed by atoms with Crippen LogP contribution < -0.4 is 10.2 Å². The van der Waals surface area contributed by atoms with Crippen molar-refractivity contribution in [2.75, 3.05) is 37.7 Å². The van der Waals surface area contributed by atoms with Crippen LogP contribution in [0.15, 0.2) is 30.3 Å². The third-order valence-corrected chi connectivity index (χ3v) is 2.94. The van der Waals surface area contributed by atoms with Crippen molar-refractivity contribution < 1.29 is 4.74 Å². The van der Waals surface area contributed by atoms with Crippen LogP contribution in [0, 0.1) is 0 Å². The van der Waals surface area contributed by atoms with E-state index in [1.165, 1.54) is 5.69 Å². The van der Waals surface area contributed by atoms with Crippen LogP contribution in [0.2, 0.25) is 0 Å². The summed E-state index contributed by atoms with van der Waals surface area (Å²) in [5.74, 6) is 0. The number of nitrogens with zero attached hydrogens (tertiary/aromatic N) is 1.